The van der Waals surface area contributed by atoms with E-state index >= 15 is 0 Å². The summed E-state index contributed by atoms with van der Waals surface area (Å²) >= 11 is 0. The maximum atomic E-state index is 12.6. The molecule has 0 aromatic heterocycles. The largest absolute Gasteiger partial charge is 0.482 e. The van der Waals surface area contributed by atoms with Crippen LogP contribution < -0.4 is 4.74 Å². The lowest BCUT2D eigenvalue weighted by Crippen LogP contribution is -2.15. The van der Waals surface area contributed by atoms with Gasteiger partial charge in [0.05, 0.1) is 6.61 Å². The fraction of sp³-hybridized carbons (Fsp3) is 0.263. The second-order valence-electron chi connectivity index (χ2n) is 5.22. The number of rotatable bonds is 6. The van der Waals surface area contributed by atoms with Gasteiger partial charge in [-0.05, 0) is 44.0 Å². The number of ketones is 1. The van der Waals surface area contributed by atoms with E-state index in [0.717, 1.165) is 11.1 Å². The molecule has 23 heavy (non-hydrogen) atoms. The van der Waals surface area contributed by atoms with Crippen molar-refractivity contribution in [3.05, 3.63) is 64.7 Å². The predicted molar refractivity (Wildman–Crippen MR) is 87.9 cm³/mol. The quantitative estimate of drug-likeness (QED) is 0.605. The molecule has 0 aliphatic carbocycles. The highest BCUT2D eigenvalue weighted by molar-refractivity contribution is 6.10. The van der Waals surface area contributed by atoms with Gasteiger partial charge in [-0.1, -0.05) is 30.3 Å². The van der Waals surface area contributed by atoms with Crippen molar-refractivity contribution in [2.24, 2.45) is 0 Å². The third kappa shape index (κ3) is 4.19. The first-order valence-electron chi connectivity index (χ1n) is 7.52. The van der Waals surface area contributed by atoms with Crippen molar-refractivity contribution in [3.63, 3.8) is 0 Å². The zero-order valence-corrected chi connectivity index (χ0v) is 13.6. The zero-order valence-electron chi connectivity index (χ0n) is 13.6. The SMILES string of the molecule is CCOC(=O)COc1cc(C)c(C(=O)c2ccccc2)cc1C. The Morgan fingerprint density at radius 3 is 2.35 bits per heavy atom. The molecular weight excluding hydrogens is 292 g/mol. The first kappa shape index (κ1) is 16.7. The number of hydrogen-bond acceptors (Lipinski definition) is 4. The minimum atomic E-state index is -0.408. The zero-order chi connectivity index (χ0) is 16.8. The molecule has 0 atom stereocenters. The van der Waals surface area contributed by atoms with Gasteiger partial charge in [-0.2, -0.15) is 0 Å². The smallest absolute Gasteiger partial charge is 0.344 e. The third-order valence-electron chi connectivity index (χ3n) is 3.45. The van der Waals surface area contributed by atoms with Crippen LogP contribution in [0.25, 0.3) is 0 Å². The molecule has 120 valence electrons. The number of carbonyl (C=O) groups excluding carboxylic acids is 2. The van der Waals surface area contributed by atoms with Crippen LogP contribution in [0.2, 0.25) is 0 Å². The molecule has 0 bridgehead atoms. The Labute approximate surface area is 136 Å². The Balaban J connectivity index is 2.20. The van der Waals surface area contributed by atoms with Gasteiger partial charge < -0.3 is 9.47 Å². The van der Waals surface area contributed by atoms with E-state index in [1.807, 2.05) is 32.0 Å². The second-order valence-corrected chi connectivity index (χ2v) is 5.22. The first-order chi connectivity index (χ1) is 11.0. The summed E-state index contributed by atoms with van der Waals surface area (Å²) in [5.41, 5.74) is 2.90. The van der Waals surface area contributed by atoms with E-state index in [2.05, 4.69) is 0 Å². The minimum Gasteiger partial charge on any atom is -0.482 e. The number of aryl methyl sites for hydroxylation is 2. The van der Waals surface area contributed by atoms with Crippen LogP contribution in [0.1, 0.15) is 34.0 Å². The summed E-state index contributed by atoms with van der Waals surface area (Å²) in [4.78, 5) is 23.9. The first-order valence-corrected chi connectivity index (χ1v) is 7.52. The summed E-state index contributed by atoms with van der Waals surface area (Å²) in [6.07, 6.45) is 0. The summed E-state index contributed by atoms with van der Waals surface area (Å²) in [6.45, 7) is 5.64. The van der Waals surface area contributed by atoms with Crippen molar-refractivity contribution in [1.82, 2.24) is 0 Å². The molecule has 2 aromatic rings. The van der Waals surface area contributed by atoms with Gasteiger partial charge in [0.2, 0.25) is 0 Å². The monoisotopic (exact) mass is 312 g/mol. The van der Waals surface area contributed by atoms with Crippen molar-refractivity contribution in [2.75, 3.05) is 13.2 Å². The molecule has 2 rings (SSSR count). The fourth-order valence-corrected chi connectivity index (χ4v) is 2.27. The van der Waals surface area contributed by atoms with E-state index in [1.54, 1.807) is 31.2 Å². The molecule has 4 heteroatoms. The molecule has 0 fully saturated rings. The highest BCUT2D eigenvalue weighted by Crippen LogP contribution is 2.24. The van der Waals surface area contributed by atoms with Gasteiger partial charge >= 0.3 is 5.97 Å². The maximum Gasteiger partial charge on any atom is 0.344 e. The van der Waals surface area contributed by atoms with Crippen LogP contribution in [0, 0.1) is 13.8 Å². The van der Waals surface area contributed by atoms with Crippen molar-refractivity contribution in [1.29, 1.82) is 0 Å². The van der Waals surface area contributed by atoms with Crippen LogP contribution in [0.5, 0.6) is 5.75 Å². The average Bonchev–Trinajstić information content (AvgIpc) is 2.55. The summed E-state index contributed by atoms with van der Waals surface area (Å²) in [6, 6.07) is 12.7. The van der Waals surface area contributed by atoms with E-state index in [-0.39, 0.29) is 12.4 Å². The molecular formula is C19H20O4. The van der Waals surface area contributed by atoms with Crippen LogP contribution in [0.4, 0.5) is 0 Å². The molecule has 0 aliphatic heterocycles. The minimum absolute atomic E-state index is 0.0249. The normalized spacial score (nSPS) is 10.2. The van der Waals surface area contributed by atoms with Crippen LogP contribution >= 0.6 is 0 Å². The lowest BCUT2D eigenvalue weighted by Gasteiger charge is -2.12. The Morgan fingerprint density at radius 1 is 1.00 bits per heavy atom. The van der Waals surface area contributed by atoms with Crippen LogP contribution in [0.3, 0.4) is 0 Å². The molecule has 0 radical (unpaired) electrons. The van der Waals surface area contributed by atoms with Gasteiger partial charge in [0, 0.05) is 11.1 Å². The fourth-order valence-electron chi connectivity index (χ4n) is 2.27. The molecule has 2 aromatic carbocycles. The maximum absolute atomic E-state index is 12.6. The van der Waals surface area contributed by atoms with Crippen molar-refractivity contribution in [2.45, 2.75) is 20.8 Å². The molecule has 0 amide bonds. The number of hydrogen-bond donors (Lipinski definition) is 0. The molecule has 0 N–H and O–H groups in total. The Morgan fingerprint density at radius 2 is 1.70 bits per heavy atom. The third-order valence-corrected chi connectivity index (χ3v) is 3.45. The van der Waals surface area contributed by atoms with E-state index in [4.69, 9.17) is 9.47 Å². The van der Waals surface area contributed by atoms with Gasteiger partial charge in [-0.3, -0.25) is 4.79 Å². The van der Waals surface area contributed by atoms with E-state index in [1.165, 1.54) is 0 Å². The van der Waals surface area contributed by atoms with E-state index < -0.39 is 5.97 Å². The highest BCUT2D eigenvalue weighted by atomic mass is 16.6. The van der Waals surface area contributed by atoms with Gasteiger partial charge in [0.15, 0.2) is 12.4 Å². The van der Waals surface area contributed by atoms with Crippen LogP contribution in [-0.4, -0.2) is 25.0 Å². The summed E-state index contributed by atoms with van der Waals surface area (Å²) in [7, 11) is 0. The van der Waals surface area contributed by atoms with E-state index in [9.17, 15) is 9.59 Å². The van der Waals surface area contributed by atoms with Crippen molar-refractivity contribution < 1.29 is 19.1 Å². The van der Waals surface area contributed by atoms with Gasteiger partial charge in [0.25, 0.3) is 0 Å². The molecule has 0 unspecified atom stereocenters. The van der Waals surface area contributed by atoms with Gasteiger partial charge in [0.1, 0.15) is 5.75 Å². The van der Waals surface area contributed by atoms with Crippen LogP contribution in [-0.2, 0) is 9.53 Å². The number of ether oxygens (including phenoxy) is 2. The molecule has 0 spiro atoms. The van der Waals surface area contributed by atoms with Crippen molar-refractivity contribution in [3.8, 4) is 5.75 Å². The second kappa shape index (κ2) is 7.58. The van der Waals surface area contributed by atoms with Crippen molar-refractivity contribution >= 4 is 11.8 Å². The van der Waals surface area contributed by atoms with E-state index in [0.29, 0.717) is 23.5 Å². The predicted octanol–water partition coefficient (Wildman–Crippen LogP) is 3.48. The van der Waals surface area contributed by atoms with Crippen LogP contribution in [0.15, 0.2) is 42.5 Å². The number of esters is 1. The molecule has 0 heterocycles. The Bertz CT molecular complexity index is 705. The number of benzene rings is 2. The topological polar surface area (TPSA) is 52.6 Å². The Kier molecular flexibility index (Phi) is 5.52. The lowest BCUT2D eigenvalue weighted by molar-refractivity contribution is -0.145. The molecule has 0 aliphatic rings. The number of carbonyl (C=O) groups is 2. The summed E-state index contributed by atoms with van der Waals surface area (Å²) < 4.78 is 10.3. The lowest BCUT2D eigenvalue weighted by atomic mass is 9.97. The van der Waals surface area contributed by atoms with Gasteiger partial charge in [-0.25, -0.2) is 4.79 Å². The molecule has 0 saturated heterocycles. The standard InChI is InChI=1S/C19H20O4/c1-4-22-18(20)12-23-17-11-13(2)16(10-14(17)3)19(21)15-8-6-5-7-9-15/h5-11H,4,12H2,1-3H3. The highest BCUT2D eigenvalue weighted by Gasteiger charge is 2.15. The summed E-state index contributed by atoms with van der Waals surface area (Å²) in [5, 5.41) is 0. The molecule has 4 nitrogen and oxygen atoms in total. The van der Waals surface area contributed by atoms with Gasteiger partial charge in [-0.15, -0.1) is 0 Å². The average molecular weight is 312 g/mol. The molecule has 0 saturated carbocycles. The summed E-state index contributed by atoms with van der Waals surface area (Å²) in [5.74, 6) is 0.150. The Hall–Kier alpha value is -2.62.